The van der Waals surface area contributed by atoms with Gasteiger partial charge in [0.2, 0.25) is 12.3 Å². The number of halogens is 1. The summed E-state index contributed by atoms with van der Waals surface area (Å²) < 4.78 is 5.33. The van der Waals surface area contributed by atoms with Crippen LogP contribution in [0.5, 0.6) is 0 Å². The van der Waals surface area contributed by atoms with Crippen molar-refractivity contribution in [3.63, 3.8) is 0 Å². The number of furan rings is 1. The molecule has 0 aliphatic rings. The van der Waals surface area contributed by atoms with Gasteiger partial charge in [-0.3, -0.25) is 14.8 Å². The number of benzene rings is 2. The molecule has 3 heterocycles. The van der Waals surface area contributed by atoms with Crippen LogP contribution in [0.25, 0.3) is 22.3 Å². The van der Waals surface area contributed by atoms with Gasteiger partial charge in [0.05, 0.1) is 23.0 Å². The van der Waals surface area contributed by atoms with Crippen LogP contribution in [0.2, 0.25) is 5.02 Å². The second-order valence-electron chi connectivity index (χ2n) is 6.63. The van der Waals surface area contributed by atoms with Crippen molar-refractivity contribution < 1.29 is 9.21 Å². The first-order valence-corrected chi connectivity index (χ1v) is 9.71. The van der Waals surface area contributed by atoms with E-state index in [1.165, 1.54) is 17.5 Å². The Bertz CT molecular complexity index is 1350. The third-order valence-corrected chi connectivity index (χ3v) is 4.96. The highest BCUT2D eigenvalue weighted by Gasteiger charge is 2.16. The van der Waals surface area contributed by atoms with Crippen molar-refractivity contribution >= 4 is 52.1 Å². The molecule has 0 unspecified atom stereocenters. The van der Waals surface area contributed by atoms with Gasteiger partial charge in [0.25, 0.3) is 0 Å². The van der Waals surface area contributed by atoms with E-state index in [0.717, 1.165) is 22.3 Å². The summed E-state index contributed by atoms with van der Waals surface area (Å²) in [4.78, 5) is 21.6. The van der Waals surface area contributed by atoms with Gasteiger partial charge >= 0.3 is 0 Å². The minimum absolute atomic E-state index is 0.441. The average molecular weight is 431 g/mol. The molecule has 9 heteroatoms. The van der Waals surface area contributed by atoms with Crippen molar-refractivity contribution in [2.45, 2.75) is 0 Å². The van der Waals surface area contributed by atoms with Crippen LogP contribution < -0.4 is 10.2 Å². The van der Waals surface area contributed by atoms with Crippen LogP contribution in [0.1, 0.15) is 0 Å². The number of aromatic amines is 1. The van der Waals surface area contributed by atoms with Crippen LogP contribution in [-0.4, -0.2) is 26.6 Å². The predicted octanol–water partition coefficient (Wildman–Crippen LogP) is 5.30. The highest BCUT2D eigenvalue weighted by molar-refractivity contribution is 6.30. The smallest absolute Gasteiger partial charge is 0.221 e. The molecule has 0 bridgehead atoms. The van der Waals surface area contributed by atoms with Crippen molar-refractivity contribution in [2.24, 2.45) is 0 Å². The van der Waals surface area contributed by atoms with Crippen molar-refractivity contribution in [3.8, 4) is 11.3 Å². The summed E-state index contributed by atoms with van der Waals surface area (Å²) in [6.07, 6.45) is 3.68. The normalized spacial score (nSPS) is 10.9. The third kappa shape index (κ3) is 3.60. The number of H-pyrrole nitrogens is 1. The van der Waals surface area contributed by atoms with E-state index in [4.69, 9.17) is 16.0 Å². The molecule has 0 atom stereocenters. The summed E-state index contributed by atoms with van der Waals surface area (Å²) in [5.41, 5.74) is 3.62. The number of rotatable bonds is 6. The summed E-state index contributed by atoms with van der Waals surface area (Å²) in [6, 6.07) is 18.2. The number of aromatic nitrogens is 4. The van der Waals surface area contributed by atoms with E-state index in [0.29, 0.717) is 34.5 Å². The molecule has 0 saturated heterocycles. The van der Waals surface area contributed by atoms with Gasteiger partial charge in [-0.2, -0.15) is 5.10 Å². The monoisotopic (exact) mass is 430 g/mol. The molecule has 1 amide bonds. The number of nitrogens with zero attached hydrogens (tertiary/aromatic N) is 4. The number of carbonyl (C=O) groups excluding carboxylic acids is 1. The quantitative estimate of drug-likeness (QED) is 0.354. The first-order chi connectivity index (χ1) is 15.2. The molecule has 152 valence electrons. The van der Waals surface area contributed by atoms with Crippen molar-refractivity contribution in [3.05, 3.63) is 78.3 Å². The lowest BCUT2D eigenvalue weighted by molar-refractivity contribution is -0.107. The zero-order valence-electron chi connectivity index (χ0n) is 16.0. The van der Waals surface area contributed by atoms with E-state index in [-0.39, 0.29) is 0 Å². The molecule has 0 fully saturated rings. The Morgan fingerprint density at radius 1 is 1.06 bits per heavy atom. The van der Waals surface area contributed by atoms with Crippen LogP contribution in [0.3, 0.4) is 0 Å². The second kappa shape index (κ2) is 7.92. The predicted molar refractivity (Wildman–Crippen MR) is 119 cm³/mol. The number of hydrogen-bond donors (Lipinski definition) is 2. The SMILES string of the molecule is O=CN(c1ccc(-c2[nH]nc3ncnc(Nc4cccc(Cl)c4)c23)cc1)c1ccco1. The lowest BCUT2D eigenvalue weighted by atomic mass is 10.1. The van der Waals surface area contributed by atoms with Gasteiger partial charge in [-0.15, -0.1) is 0 Å². The highest BCUT2D eigenvalue weighted by Crippen LogP contribution is 2.33. The van der Waals surface area contributed by atoms with Gasteiger partial charge in [-0.1, -0.05) is 29.8 Å². The lowest BCUT2D eigenvalue weighted by Crippen LogP contribution is -2.12. The van der Waals surface area contributed by atoms with Crippen molar-refractivity contribution in [1.82, 2.24) is 20.2 Å². The Morgan fingerprint density at radius 2 is 1.94 bits per heavy atom. The highest BCUT2D eigenvalue weighted by atomic mass is 35.5. The molecule has 5 aromatic rings. The van der Waals surface area contributed by atoms with E-state index < -0.39 is 0 Å². The van der Waals surface area contributed by atoms with E-state index >= 15 is 0 Å². The maximum absolute atomic E-state index is 11.6. The molecule has 2 N–H and O–H groups in total. The van der Waals surface area contributed by atoms with Crippen LogP contribution in [-0.2, 0) is 4.79 Å². The maximum atomic E-state index is 11.6. The van der Waals surface area contributed by atoms with E-state index in [1.54, 1.807) is 18.2 Å². The van der Waals surface area contributed by atoms with Gasteiger partial charge in [-0.05, 0) is 36.4 Å². The fourth-order valence-corrected chi connectivity index (χ4v) is 3.49. The van der Waals surface area contributed by atoms with Gasteiger partial charge in [-0.25, -0.2) is 9.97 Å². The summed E-state index contributed by atoms with van der Waals surface area (Å²) in [5, 5.41) is 12.0. The topological polar surface area (TPSA) is 99.9 Å². The Labute approximate surface area is 181 Å². The number of fused-ring (bicyclic) bond motifs is 1. The van der Waals surface area contributed by atoms with Gasteiger partial charge in [0, 0.05) is 22.3 Å². The molecule has 0 aliphatic heterocycles. The van der Waals surface area contributed by atoms with E-state index in [1.807, 2.05) is 42.5 Å². The zero-order chi connectivity index (χ0) is 21.2. The number of anilines is 4. The van der Waals surface area contributed by atoms with Gasteiger partial charge in [0.1, 0.15) is 12.1 Å². The molecule has 0 saturated carbocycles. The molecule has 0 spiro atoms. The lowest BCUT2D eigenvalue weighted by Gasteiger charge is -2.14. The fourth-order valence-electron chi connectivity index (χ4n) is 3.30. The molecule has 0 radical (unpaired) electrons. The standard InChI is InChI=1S/C22H15ClN6O2/c23-15-3-1-4-16(11-15)26-21-19-20(27-28-22(19)25-12-24-21)14-6-8-17(9-7-14)29(13-30)18-5-2-10-31-18/h1-13H,(H2,24,25,26,27,28). The third-order valence-electron chi connectivity index (χ3n) is 4.72. The molecular formula is C22H15ClN6O2. The molecular weight excluding hydrogens is 416 g/mol. The van der Waals surface area contributed by atoms with Crippen LogP contribution in [0.4, 0.5) is 23.1 Å². The Hall–Kier alpha value is -4.17. The Kier molecular flexibility index (Phi) is 4.81. The van der Waals surface area contributed by atoms with Crippen LogP contribution in [0.15, 0.2) is 77.7 Å². The number of carbonyl (C=O) groups is 1. The average Bonchev–Trinajstić information content (AvgIpc) is 3.46. The van der Waals surface area contributed by atoms with Crippen LogP contribution in [0, 0.1) is 0 Å². The molecule has 8 nitrogen and oxygen atoms in total. The van der Waals surface area contributed by atoms with E-state index in [2.05, 4.69) is 25.5 Å². The van der Waals surface area contributed by atoms with Gasteiger partial charge in [0.15, 0.2) is 5.65 Å². The molecule has 5 rings (SSSR count). The number of amides is 1. The minimum Gasteiger partial charge on any atom is -0.448 e. The second-order valence-corrected chi connectivity index (χ2v) is 7.06. The maximum Gasteiger partial charge on any atom is 0.221 e. The first-order valence-electron chi connectivity index (χ1n) is 9.33. The fraction of sp³-hybridized carbons (Fsp3) is 0. The Morgan fingerprint density at radius 3 is 2.68 bits per heavy atom. The van der Waals surface area contributed by atoms with Crippen molar-refractivity contribution in [2.75, 3.05) is 10.2 Å². The zero-order valence-corrected chi connectivity index (χ0v) is 16.7. The molecule has 31 heavy (non-hydrogen) atoms. The summed E-state index contributed by atoms with van der Waals surface area (Å²) in [7, 11) is 0. The Balaban J connectivity index is 1.52. The van der Waals surface area contributed by atoms with Crippen molar-refractivity contribution in [1.29, 1.82) is 0 Å². The number of nitrogens with one attached hydrogen (secondary N) is 2. The molecule has 2 aromatic carbocycles. The molecule has 0 aliphatic carbocycles. The summed E-state index contributed by atoms with van der Waals surface area (Å²) in [6.45, 7) is 0. The summed E-state index contributed by atoms with van der Waals surface area (Å²) in [5.74, 6) is 1.04. The number of hydrogen-bond acceptors (Lipinski definition) is 6. The van der Waals surface area contributed by atoms with E-state index in [9.17, 15) is 4.79 Å². The largest absolute Gasteiger partial charge is 0.448 e. The van der Waals surface area contributed by atoms with Crippen LogP contribution >= 0.6 is 11.6 Å². The minimum atomic E-state index is 0.441. The molecule has 3 aromatic heterocycles. The first kappa shape index (κ1) is 18.8. The van der Waals surface area contributed by atoms with Gasteiger partial charge < -0.3 is 9.73 Å². The summed E-state index contributed by atoms with van der Waals surface area (Å²) >= 11 is 6.10.